The molecule has 1 saturated heterocycles. The number of para-hydroxylation sites is 2. The minimum Gasteiger partial charge on any atom is -0.509 e. The Bertz CT molecular complexity index is 4870. The molecule has 1 aliphatic rings. The van der Waals surface area contributed by atoms with Crippen molar-refractivity contribution >= 4 is 202 Å². The summed E-state index contributed by atoms with van der Waals surface area (Å²) in [6.07, 6.45) is 13.7. The molecule has 6 aromatic heterocycles. The number of aromatic nitrogens is 8. The second-order valence-corrected chi connectivity index (χ2v) is 69.8. The van der Waals surface area contributed by atoms with Crippen LogP contribution in [0.4, 0.5) is 0 Å². The van der Waals surface area contributed by atoms with Crippen molar-refractivity contribution in [3.05, 3.63) is 225 Å². The monoisotopic (exact) mass is 1910 g/mol. The Kier molecular flexibility index (Phi) is 46.0. The number of thiol groups is 1. The molecular formula is C91H130BClN8Na2O7P4PdSSi4-. The largest absolute Gasteiger partial charge is 1.00 e. The minimum atomic E-state index is -1.93. The van der Waals surface area contributed by atoms with E-state index in [2.05, 4.69) is 390 Å². The van der Waals surface area contributed by atoms with E-state index in [4.69, 9.17) is 45.4 Å². The zero-order chi connectivity index (χ0) is 84.9. The van der Waals surface area contributed by atoms with E-state index in [-0.39, 0.29) is 120 Å². The third-order valence-electron chi connectivity index (χ3n) is 22.3. The van der Waals surface area contributed by atoms with Crippen molar-refractivity contribution in [2.75, 3.05) is 19.5 Å². The molecule has 1 aliphatic heterocycles. The average Bonchev–Trinajstić information content (AvgIpc) is 1.61. The molecule has 0 saturated carbocycles. The normalized spacial score (nSPS) is 13.8. The fraction of sp³-hybridized carbons (Fsp3) is 0.418. The standard InChI is InChI=1S/C29H44N4OSi2.C24H21P4.C23H38BNO2Si.C12H18ClN3OSi.CHO3.CH4S.CH4.2Na.Pd/c1-21(2)36(22(3)4,23(5)6)33-18-26(24-12-10-11-13-27(24)33)28-25-14-15-32(29(25)31-19-30-28)20-34-16-17-35(7,8)9;1-5-13-21(14-6-1)25-27(23-17-9-3-10-18-23)28(24-19-11-4-12-20-24)26-22-15-7-2-8-16-22;1-16(2)28(17(3)4,18(5)6)25-15-20(19-13-11-12-14-21(19)25)24-26-22(7,8)23(9,10)27-24;1-18(2,3)7-6-17-9-16-5-4-10-11(13)14-8-15-12(10)16;2-1-4-3;1-2;;;;/h10-15,18-19,21-23H,16-17,20H2,1-9H3;1-20,25H;11-18H,1-10H3;4-5,8H,6-7,9H2,1-3H3;3H;2H,1H3;1H4;;;/q;-1;;;-1;;;;+1;. The molecule has 12 aromatic rings. The molecule has 0 bridgehead atoms. The smallest absolute Gasteiger partial charge is 0.509 e. The molecule has 0 amide bonds. The molecule has 120 heavy (non-hydrogen) atoms. The summed E-state index contributed by atoms with van der Waals surface area (Å²) in [5, 5.41) is 17.8. The van der Waals surface area contributed by atoms with Gasteiger partial charge in [0.2, 0.25) is 0 Å². The van der Waals surface area contributed by atoms with E-state index in [1.54, 1.807) is 12.6 Å². The van der Waals surface area contributed by atoms with Gasteiger partial charge in [-0.25, -0.2) is 25.2 Å². The van der Waals surface area contributed by atoms with Crippen LogP contribution in [-0.4, -0.2) is 149 Å². The van der Waals surface area contributed by atoms with E-state index in [1.165, 1.54) is 80.7 Å². The Hall–Kier alpha value is -3.14. The molecule has 0 spiro atoms. The van der Waals surface area contributed by atoms with Crippen LogP contribution >= 0.6 is 55.4 Å². The number of ether oxygens (including phenoxy) is 2. The number of rotatable bonds is 28. The number of hydrogen-bond donors (Lipinski definition) is 2. The summed E-state index contributed by atoms with van der Waals surface area (Å²) in [6.45, 7) is 55.1. The predicted molar refractivity (Wildman–Crippen MR) is 530 cm³/mol. The van der Waals surface area contributed by atoms with Gasteiger partial charge >= 0.3 is 36.7 Å². The third-order valence-corrected chi connectivity index (χ3v) is 56.3. The first-order valence-corrected chi connectivity index (χ1v) is 60.4. The minimum absolute atomic E-state index is 0. The van der Waals surface area contributed by atoms with Gasteiger partial charge in [0.05, 0.1) is 22.3 Å². The van der Waals surface area contributed by atoms with E-state index >= 15 is 0 Å². The molecule has 15 nitrogen and oxygen atoms in total. The quantitative estimate of drug-likeness (QED) is 0.00704. The molecule has 1 fully saturated rings. The van der Waals surface area contributed by atoms with Gasteiger partial charge in [0.15, 0.2) is 16.5 Å². The van der Waals surface area contributed by atoms with Crippen molar-refractivity contribution in [3.63, 3.8) is 0 Å². The molecule has 3 atom stereocenters. The van der Waals surface area contributed by atoms with Crippen molar-refractivity contribution in [2.24, 2.45) is 0 Å². The Morgan fingerprint density at radius 1 is 0.542 bits per heavy atom. The van der Waals surface area contributed by atoms with E-state index in [0.717, 1.165) is 55.7 Å². The van der Waals surface area contributed by atoms with Gasteiger partial charge in [-0.05, 0) is 145 Å². The maximum atomic E-state index is 8.58. The Morgan fingerprint density at radius 2 is 0.925 bits per heavy atom. The van der Waals surface area contributed by atoms with Gasteiger partial charge < -0.3 is 54.3 Å². The van der Waals surface area contributed by atoms with Crippen LogP contribution in [0.5, 0.6) is 0 Å². The zero-order valence-electron chi connectivity index (χ0n) is 75.0. The maximum absolute atomic E-state index is 8.58. The van der Waals surface area contributed by atoms with Crippen molar-refractivity contribution < 1.29 is 83.7 Å². The van der Waals surface area contributed by atoms with Crippen molar-refractivity contribution in [2.45, 2.75) is 227 Å². The second-order valence-electron chi connectivity index (χ2n) is 34.7. The number of nitrogens with zero attached hydrogens (tertiary/aromatic N) is 8. The van der Waals surface area contributed by atoms with Crippen LogP contribution in [0, 0.1) is 0 Å². The molecule has 1 N–H and O–H groups in total. The SMILES string of the molecule is C.CC(C)[Si](C(C)C)(C(C)C)n1cc(-c2ncnc3c2ccn3COCC[Si](C)(C)C)c2ccccc21.CC(C)[Si](C(C)C)(C(C)C)n1cc(B2OC(C)(C)C(C)(C)O2)c2ccccc21.CS.C[Si](C)(C)CCOCn1ccc2c(Cl)ncnc21.O=[C-]OO.[Na+].[Na].[Pd].c1ccc([P-]P(c2ccccc2)P(Pc2ccccc2)c2ccccc2)cc1. The van der Waals surface area contributed by atoms with Crippen molar-refractivity contribution in [3.8, 4) is 11.3 Å². The third kappa shape index (κ3) is 27.5. The van der Waals surface area contributed by atoms with Gasteiger partial charge in [-0.1, -0.05) is 307 Å². The molecule has 7 heterocycles. The van der Waals surface area contributed by atoms with Crippen LogP contribution in [0.2, 0.25) is 89.8 Å². The topological polar surface area (TPSA) is 155 Å². The molecule has 641 valence electrons. The summed E-state index contributed by atoms with van der Waals surface area (Å²) in [5.74, 6) is 0. The van der Waals surface area contributed by atoms with E-state index in [1.807, 2.05) is 16.8 Å². The molecule has 3 unspecified atom stereocenters. The van der Waals surface area contributed by atoms with Crippen LogP contribution < -0.4 is 56.2 Å². The summed E-state index contributed by atoms with van der Waals surface area (Å²) in [6, 6.07) is 68.4. The van der Waals surface area contributed by atoms with E-state index in [0.29, 0.717) is 51.9 Å². The van der Waals surface area contributed by atoms with Crippen molar-refractivity contribution in [1.29, 1.82) is 0 Å². The predicted octanol–water partition coefficient (Wildman–Crippen LogP) is 21.7. The molecule has 1 radical (unpaired) electrons. The molecular weight excluding hydrogens is 1780 g/mol. The van der Waals surface area contributed by atoms with Crippen molar-refractivity contribution in [1.82, 2.24) is 37.5 Å². The maximum Gasteiger partial charge on any atom is 1.00 e. The molecule has 6 aromatic carbocycles. The number of halogens is 1. The Morgan fingerprint density at radius 3 is 1.38 bits per heavy atom. The van der Waals surface area contributed by atoms with Crippen LogP contribution in [0.3, 0.4) is 0 Å². The fourth-order valence-corrected chi connectivity index (χ4v) is 48.7. The summed E-state index contributed by atoms with van der Waals surface area (Å²) < 4.78 is 34.1. The van der Waals surface area contributed by atoms with Gasteiger partial charge in [-0.2, -0.15) is 25.2 Å². The second kappa shape index (κ2) is 50.6. The Labute approximate surface area is 797 Å². The van der Waals surface area contributed by atoms with Gasteiger partial charge in [0, 0.05) is 131 Å². The molecule has 13 rings (SSSR count). The van der Waals surface area contributed by atoms with Crippen LogP contribution in [0.1, 0.15) is 118 Å². The first-order valence-electron chi connectivity index (χ1n) is 40.5. The van der Waals surface area contributed by atoms with Crippen LogP contribution in [0.25, 0.3) is 55.1 Å². The van der Waals surface area contributed by atoms with Gasteiger partial charge in [0.25, 0.3) is 0 Å². The number of fused-ring (bicyclic) bond motifs is 4. The van der Waals surface area contributed by atoms with E-state index in [9.17, 15) is 0 Å². The molecule has 29 heteroatoms. The number of carbonyl (C=O) groups excluding carboxylic acids is 1. The number of hydrogen-bond acceptors (Lipinski definition) is 12. The van der Waals surface area contributed by atoms with Gasteiger partial charge in [-0.3, -0.25) is 0 Å². The van der Waals surface area contributed by atoms with Gasteiger partial charge in [-0.15, -0.1) is 0 Å². The summed E-state index contributed by atoms with van der Waals surface area (Å²) in [4.78, 5) is 29.0. The summed E-state index contributed by atoms with van der Waals surface area (Å²) in [7, 11) is -4.65. The van der Waals surface area contributed by atoms with Crippen LogP contribution in [-0.2, 0) is 62.3 Å². The first kappa shape index (κ1) is 109. The fourth-order valence-electron chi connectivity index (χ4n) is 16.3. The Balaban J connectivity index is 0.000000332. The zero-order valence-corrected chi connectivity index (χ0v) is 89.9. The first-order chi connectivity index (χ1) is 55.1. The van der Waals surface area contributed by atoms with E-state index < -0.39 is 32.6 Å². The summed E-state index contributed by atoms with van der Waals surface area (Å²) in [5.41, 5.74) is 10.9. The summed E-state index contributed by atoms with van der Waals surface area (Å²) >= 11 is 9.52. The average molecular weight is 1920 g/mol. The van der Waals surface area contributed by atoms with Crippen LogP contribution in [0.15, 0.2) is 219 Å². The molecule has 0 aliphatic carbocycles. The van der Waals surface area contributed by atoms with Gasteiger partial charge in [0.1, 0.15) is 42.6 Å². The number of benzene rings is 6.